The molecule has 0 atom stereocenters. The van der Waals surface area contributed by atoms with Gasteiger partial charge in [-0.25, -0.2) is 9.97 Å². The molecule has 0 radical (unpaired) electrons. The van der Waals surface area contributed by atoms with Crippen LogP contribution in [-0.4, -0.2) is 9.97 Å². The fourth-order valence-corrected chi connectivity index (χ4v) is 3.10. The first-order valence-electron chi connectivity index (χ1n) is 7.27. The molecule has 2 heterocycles. The van der Waals surface area contributed by atoms with Crippen molar-refractivity contribution in [3.8, 4) is 0 Å². The number of rotatable bonds is 3. The first-order valence-corrected chi connectivity index (χ1v) is 8.15. The van der Waals surface area contributed by atoms with E-state index in [1.807, 2.05) is 19.4 Å². The van der Waals surface area contributed by atoms with Gasteiger partial charge in [0.2, 0.25) is 11.3 Å². The zero-order valence-electron chi connectivity index (χ0n) is 13.9. The Kier molecular flexibility index (Phi) is 4.54. The van der Waals surface area contributed by atoms with E-state index in [2.05, 4.69) is 41.5 Å². The number of hydrogen-bond donors (Lipinski definition) is 0. The summed E-state index contributed by atoms with van der Waals surface area (Å²) in [5.41, 5.74) is 2.43. The number of hydrogen-bond acceptors (Lipinski definition) is 3. The van der Waals surface area contributed by atoms with Crippen molar-refractivity contribution in [3.63, 3.8) is 0 Å². The van der Waals surface area contributed by atoms with E-state index in [4.69, 9.17) is 0 Å². The van der Waals surface area contributed by atoms with Crippen LogP contribution in [0.4, 0.5) is 13.2 Å². The minimum Gasteiger partial charge on any atom is -0.233 e. The Morgan fingerprint density at radius 1 is 1.04 bits per heavy atom. The van der Waals surface area contributed by atoms with Gasteiger partial charge >= 0.3 is 6.18 Å². The third-order valence-corrected chi connectivity index (χ3v) is 4.95. The lowest BCUT2D eigenvalue weighted by molar-refractivity contribution is -0.700. The lowest BCUT2D eigenvalue weighted by atomic mass is 9.86. The van der Waals surface area contributed by atoms with Crippen LogP contribution in [0.15, 0.2) is 24.1 Å². The summed E-state index contributed by atoms with van der Waals surface area (Å²) in [7, 11) is 0. The topological polar surface area (TPSA) is 29.7 Å². The molecule has 0 fully saturated rings. The summed E-state index contributed by atoms with van der Waals surface area (Å²) in [5, 5.41) is 0. The van der Waals surface area contributed by atoms with Crippen molar-refractivity contribution in [1.82, 2.24) is 9.97 Å². The lowest BCUT2D eigenvalue weighted by Crippen LogP contribution is -2.41. The molecule has 0 aliphatic carbocycles. The van der Waals surface area contributed by atoms with Crippen molar-refractivity contribution < 1.29 is 17.7 Å². The Bertz CT molecular complexity index is 667. The molecule has 0 spiro atoms. The second-order valence-corrected chi connectivity index (χ2v) is 8.20. The zero-order chi connectivity index (χ0) is 17.5. The van der Waals surface area contributed by atoms with Crippen LogP contribution in [0.3, 0.4) is 0 Å². The average molecular weight is 344 g/mol. The van der Waals surface area contributed by atoms with E-state index in [1.165, 1.54) is 17.3 Å². The van der Waals surface area contributed by atoms with Gasteiger partial charge in [-0.1, -0.05) is 32.1 Å². The second kappa shape index (κ2) is 5.85. The quantitative estimate of drug-likeness (QED) is 0.784. The normalized spacial score (nSPS) is 13.4. The van der Waals surface area contributed by atoms with Gasteiger partial charge in [-0.15, -0.1) is 0 Å². The molecule has 7 heteroatoms. The molecule has 0 N–H and O–H groups in total. The number of halogens is 3. The van der Waals surface area contributed by atoms with Crippen LogP contribution in [-0.2, 0) is 23.6 Å². The smallest absolute Gasteiger partial charge is 0.233 e. The highest BCUT2D eigenvalue weighted by Crippen LogP contribution is 2.29. The highest BCUT2D eigenvalue weighted by Gasteiger charge is 2.35. The number of nitrogens with zero attached hydrogens (tertiary/aromatic N) is 3. The van der Waals surface area contributed by atoms with Gasteiger partial charge in [0.05, 0.1) is 10.3 Å². The van der Waals surface area contributed by atoms with Crippen molar-refractivity contribution in [3.05, 3.63) is 40.4 Å². The Morgan fingerprint density at radius 2 is 1.61 bits per heavy atom. The first-order chi connectivity index (χ1) is 10.4. The first kappa shape index (κ1) is 17.8. The van der Waals surface area contributed by atoms with Crippen LogP contribution >= 0.6 is 11.3 Å². The van der Waals surface area contributed by atoms with Crippen LogP contribution in [0.25, 0.3) is 0 Å². The summed E-state index contributed by atoms with van der Waals surface area (Å²) in [6, 6.07) is 0. The van der Waals surface area contributed by atoms with E-state index in [0.29, 0.717) is 12.1 Å². The Hall–Kier alpha value is -1.50. The Balaban J connectivity index is 2.20. The molecule has 126 valence electrons. The SMILES string of the molecule is CC(C)(C)c1c[n+](CC(C)(C)c2cnc(C(F)(F)F)nc2)cs1. The van der Waals surface area contributed by atoms with E-state index < -0.39 is 12.0 Å². The predicted molar refractivity (Wildman–Crippen MR) is 83.3 cm³/mol. The average Bonchev–Trinajstić information content (AvgIpc) is 2.85. The van der Waals surface area contributed by atoms with Gasteiger partial charge in [-0.2, -0.15) is 17.7 Å². The molecular formula is C16H21F3N3S+. The van der Waals surface area contributed by atoms with Gasteiger partial charge in [0.25, 0.3) is 0 Å². The highest BCUT2D eigenvalue weighted by molar-refractivity contribution is 7.09. The minimum absolute atomic E-state index is 0.0809. The molecule has 0 unspecified atom stereocenters. The molecular weight excluding hydrogens is 323 g/mol. The van der Waals surface area contributed by atoms with Gasteiger partial charge in [0, 0.05) is 23.4 Å². The third-order valence-electron chi connectivity index (χ3n) is 3.60. The van der Waals surface area contributed by atoms with Gasteiger partial charge in [-0.05, 0) is 13.8 Å². The highest BCUT2D eigenvalue weighted by atomic mass is 32.1. The summed E-state index contributed by atoms with van der Waals surface area (Å²) in [6.07, 6.45) is 0.130. The van der Waals surface area contributed by atoms with Gasteiger partial charge in [0.1, 0.15) is 0 Å². The van der Waals surface area contributed by atoms with E-state index in [9.17, 15) is 13.2 Å². The predicted octanol–water partition coefficient (Wildman–Crippen LogP) is 4.12. The number of aromatic nitrogens is 3. The van der Waals surface area contributed by atoms with Crippen molar-refractivity contribution in [2.45, 2.75) is 58.2 Å². The van der Waals surface area contributed by atoms with Crippen LogP contribution in [0, 0.1) is 0 Å². The molecule has 0 aromatic carbocycles. The van der Waals surface area contributed by atoms with E-state index in [0.717, 1.165) is 0 Å². The van der Waals surface area contributed by atoms with Gasteiger partial charge in [-0.3, -0.25) is 0 Å². The molecule has 0 saturated heterocycles. The fraction of sp³-hybridized carbons (Fsp3) is 0.562. The molecule has 3 nitrogen and oxygen atoms in total. The molecule has 0 saturated carbocycles. The minimum atomic E-state index is -4.51. The Morgan fingerprint density at radius 3 is 2.04 bits per heavy atom. The van der Waals surface area contributed by atoms with Crippen molar-refractivity contribution in [1.29, 1.82) is 0 Å². The van der Waals surface area contributed by atoms with Crippen LogP contribution in [0.1, 0.15) is 50.9 Å². The van der Waals surface area contributed by atoms with Crippen molar-refractivity contribution in [2.75, 3.05) is 0 Å². The monoisotopic (exact) mass is 344 g/mol. The maximum Gasteiger partial charge on any atom is 0.451 e. The van der Waals surface area contributed by atoms with Gasteiger partial charge in [0.15, 0.2) is 12.7 Å². The number of thiazole rings is 1. The molecule has 2 aromatic heterocycles. The van der Waals surface area contributed by atoms with E-state index in [-0.39, 0.29) is 10.8 Å². The lowest BCUT2D eigenvalue weighted by Gasteiger charge is -2.20. The zero-order valence-corrected chi connectivity index (χ0v) is 14.7. The molecule has 23 heavy (non-hydrogen) atoms. The van der Waals surface area contributed by atoms with Gasteiger partial charge < -0.3 is 0 Å². The maximum absolute atomic E-state index is 12.5. The summed E-state index contributed by atoms with van der Waals surface area (Å²) >= 11 is 1.68. The molecule has 2 rings (SSSR count). The molecule has 0 amide bonds. The van der Waals surface area contributed by atoms with E-state index in [1.54, 1.807) is 11.3 Å². The molecule has 0 aliphatic heterocycles. The fourth-order valence-electron chi connectivity index (χ4n) is 2.16. The second-order valence-electron chi connectivity index (χ2n) is 7.32. The van der Waals surface area contributed by atoms with Crippen LogP contribution in [0.2, 0.25) is 0 Å². The van der Waals surface area contributed by atoms with E-state index >= 15 is 0 Å². The summed E-state index contributed by atoms with van der Waals surface area (Å²) < 4.78 is 39.7. The van der Waals surface area contributed by atoms with Crippen molar-refractivity contribution in [2.24, 2.45) is 0 Å². The van der Waals surface area contributed by atoms with Crippen molar-refractivity contribution >= 4 is 11.3 Å². The maximum atomic E-state index is 12.5. The molecule has 0 bridgehead atoms. The third kappa shape index (κ3) is 4.28. The van der Waals surface area contributed by atoms with Crippen LogP contribution < -0.4 is 4.57 Å². The Labute approximate surface area is 138 Å². The summed E-state index contributed by atoms with van der Waals surface area (Å²) in [5.74, 6) is -1.10. The van der Waals surface area contributed by atoms with Crippen LogP contribution in [0.5, 0.6) is 0 Å². The summed E-state index contributed by atoms with van der Waals surface area (Å²) in [4.78, 5) is 8.18. The summed E-state index contributed by atoms with van der Waals surface area (Å²) in [6.45, 7) is 11.0. The molecule has 0 aliphatic rings. The number of alkyl halides is 3. The molecule has 2 aromatic rings. The largest absolute Gasteiger partial charge is 0.451 e. The standard InChI is InChI=1S/C16H21F3N3S/c1-14(2,3)12-8-22(10-23-12)9-15(4,5)11-6-20-13(21-7-11)16(17,18)19/h6-8,10H,9H2,1-5H3/q+1.